The molecular weight excluding hydrogens is 184 g/mol. The molecule has 0 saturated heterocycles. The molecule has 0 aliphatic carbocycles. The first-order valence-electron chi connectivity index (χ1n) is 4.31. The van der Waals surface area contributed by atoms with Gasteiger partial charge in [-0.05, 0) is 6.92 Å². The van der Waals surface area contributed by atoms with Gasteiger partial charge in [0, 0.05) is 19.9 Å². The molecule has 1 heterocycles. The Labute approximate surface area is 83.1 Å². The Bertz CT molecular complexity index is 288. The van der Waals surface area contributed by atoms with Gasteiger partial charge in [0.1, 0.15) is 5.76 Å². The summed E-state index contributed by atoms with van der Waals surface area (Å²) in [5, 5.41) is 0. The van der Waals surface area contributed by atoms with Crippen LogP contribution >= 0.6 is 0 Å². The third-order valence-electron chi connectivity index (χ3n) is 1.67. The highest BCUT2D eigenvalue weighted by Crippen LogP contribution is 2.29. The van der Waals surface area contributed by atoms with Crippen molar-refractivity contribution in [3.05, 3.63) is 24.2 Å². The maximum absolute atomic E-state index is 10.8. The summed E-state index contributed by atoms with van der Waals surface area (Å²) in [6.45, 7) is 8.72. The number of rotatable bonds is 3. The second-order valence-electron chi connectivity index (χ2n) is 3.40. The molecule has 0 amide bonds. The van der Waals surface area contributed by atoms with E-state index in [2.05, 4.69) is 6.58 Å². The van der Waals surface area contributed by atoms with E-state index in [1.54, 1.807) is 20.8 Å². The number of esters is 1. The minimum absolute atomic E-state index is 0.0834. The highest BCUT2D eigenvalue weighted by molar-refractivity contribution is 5.81. The number of ether oxygens (including phenoxy) is 3. The average Bonchev–Trinajstić information content (AvgIpc) is 2.35. The van der Waals surface area contributed by atoms with Crippen molar-refractivity contribution in [1.82, 2.24) is 0 Å². The minimum atomic E-state index is -0.667. The molecule has 0 radical (unpaired) electrons. The molecule has 0 aromatic rings. The zero-order chi connectivity index (χ0) is 10.8. The van der Waals surface area contributed by atoms with Crippen LogP contribution in [0.5, 0.6) is 0 Å². The van der Waals surface area contributed by atoms with Crippen LogP contribution in [0.3, 0.4) is 0 Å². The molecule has 0 fully saturated rings. The van der Waals surface area contributed by atoms with Gasteiger partial charge < -0.3 is 14.2 Å². The smallest absolute Gasteiger partial charge is 0.330 e. The van der Waals surface area contributed by atoms with Gasteiger partial charge in [-0.25, -0.2) is 4.79 Å². The van der Waals surface area contributed by atoms with Crippen molar-refractivity contribution < 1.29 is 19.0 Å². The number of allylic oxidation sites excluding steroid dienone is 1. The normalized spacial score (nSPS) is 18.5. The van der Waals surface area contributed by atoms with E-state index in [9.17, 15) is 4.79 Å². The van der Waals surface area contributed by atoms with Crippen molar-refractivity contribution in [1.29, 1.82) is 0 Å². The molecule has 4 nitrogen and oxygen atoms in total. The van der Waals surface area contributed by atoms with E-state index in [4.69, 9.17) is 14.2 Å². The Balaban J connectivity index is 2.50. The van der Waals surface area contributed by atoms with Crippen LogP contribution in [0.25, 0.3) is 0 Å². The molecule has 14 heavy (non-hydrogen) atoms. The summed E-state index contributed by atoms with van der Waals surface area (Å²) in [6, 6.07) is 0. The topological polar surface area (TPSA) is 44.8 Å². The van der Waals surface area contributed by atoms with Crippen molar-refractivity contribution in [2.24, 2.45) is 0 Å². The van der Waals surface area contributed by atoms with Crippen LogP contribution in [0.4, 0.5) is 0 Å². The van der Waals surface area contributed by atoms with E-state index >= 15 is 0 Å². The fraction of sp³-hybridized carbons (Fsp3) is 0.500. The second-order valence-corrected chi connectivity index (χ2v) is 3.40. The van der Waals surface area contributed by atoms with E-state index in [-0.39, 0.29) is 6.61 Å². The van der Waals surface area contributed by atoms with E-state index in [1.807, 2.05) is 0 Å². The highest BCUT2D eigenvalue weighted by Gasteiger charge is 2.32. The highest BCUT2D eigenvalue weighted by atomic mass is 16.7. The first-order chi connectivity index (χ1) is 6.44. The van der Waals surface area contributed by atoms with Gasteiger partial charge in [0.15, 0.2) is 12.4 Å². The Hall–Kier alpha value is -1.45. The van der Waals surface area contributed by atoms with Crippen LogP contribution < -0.4 is 0 Å². The fourth-order valence-electron chi connectivity index (χ4n) is 1.14. The molecule has 0 atom stereocenters. The maximum Gasteiger partial charge on any atom is 0.330 e. The van der Waals surface area contributed by atoms with Crippen LogP contribution in [0.1, 0.15) is 20.8 Å². The van der Waals surface area contributed by atoms with Crippen molar-refractivity contribution in [3.8, 4) is 0 Å². The lowest BCUT2D eigenvalue weighted by atomic mass is 10.4. The van der Waals surface area contributed by atoms with Crippen LogP contribution in [0.15, 0.2) is 24.2 Å². The number of carbonyl (C=O) groups excluding carboxylic acids is 1. The fourth-order valence-corrected chi connectivity index (χ4v) is 1.14. The Morgan fingerprint density at radius 3 is 2.64 bits per heavy atom. The molecule has 0 unspecified atom stereocenters. The summed E-state index contributed by atoms with van der Waals surface area (Å²) in [4.78, 5) is 10.8. The first-order valence-corrected chi connectivity index (χ1v) is 4.31. The van der Waals surface area contributed by atoms with Gasteiger partial charge in [-0.2, -0.15) is 0 Å². The predicted octanol–water partition coefficient (Wildman–Crippen LogP) is 1.73. The zero-order valence-corrected chi connectivity index (χ0v) is 8.62. The lowest BCUT2D eigenvalue weighted by Gasteiger charge is -2.18. The molecule has 0 N–H and O–H groups in total. The van der Waals surface area contributed by atoms with E-state index < -0.39 is 11.8 Å². The summed E-state index contributed by atoms with van der Waals surface area (Å²) >= 11 is 0. The van der Waals surface area contributed by atoms with Gasteiger partial charge in [0.05, 0.1) is 0 Å². The quantitative estimate of drug-likeness (QED) is 0.511. The van der Waals surface area contributed by atoms with Gasteiger partial charge in [0.2, 0.25) is 5.79 Å². The Kier molecular flexibility index (Phi) is 2.84. The Morgan fingerprint density at radius 2 is 2.21 bits per heavy atom. The van der Waals surface area contributed by atoms with Crippen molar-refractivity contribution in [2.45, 2.75) is 26.6 Å². The van der Waals surface area contributed by atoms with Crippen LogP contribution in [0, 0.1) is 0 Å². The predicted molar refractivity (Wildman–Crippen MR) is 50.1 cm³/mol. The molecule has 78 valence electrons. The molecule has 0 aromatic carbocycles. The van der Waals surface area contributed by atoms with Gasteiger partial charge in [0.25, 0.3) is 0 Å². The van der Waals surface area contributed by atoms with Crippen molar-refractivity contribution in [3.63, 3.8) is 0 Å². The standard InChI is InChI=1S/C10H14O4/c1-5-9(11)12-6-8-7(2)13-10(3,4)14-8/h5H,1,6H2,2-4H3. The zero-order valence-electron chi connectivity index (χ0n) is 8.62. The van der Waals surface area contributed by atoms with Gasteiger partial charge >= 0.3 is 5.97 Å². The van der Waals surface area contributed by atoms with Gasteiger partial charge in [-0.1, -0.05) is 6.58 Å². The average molecular weight is 198 g/mol. The van der Waals surface area contributed by atoms with Crippen LogP contribution in [0.2, 0.25) is 0 Å². The summed E-state index contributed by atoms with van der Waals surface area (Å²) in [6.07, 6.45) is 1.11. The molecule has 0 aromatic heterocycles. The minimum Gasteiger partial charge on any atom is -0.454 e. The molecule has 4 heteroatoms. The number of hydrogen-bond acceptors (Lipinski definition) is 4. The first kappa shape index (κ1) is 10.6. The van der Waals surface area contributed by atoms with E-state index in [0.29, 0.717) is 11.5 Å². The Morgan fingerprint density at radius 1 is 1.57 bits per heavy atom. The maximum atomic E-state index is 10.8. The summed E-state index contributed by atoms with van der Waals surface area (Å²) in [5.41, 5.74) is 0. The molecule has 0 spiro atoms. The number of hydrogen-bond donors (Lipinski definition) is 0. The van der Waals surface area contributed by atoms with Gasteiger partial charge in [-0.15, -0.1) is 0 Å². The number of carbonyl (C=O) groups is 1. The van der Waals surface area contributed by atoms with Crippen LogP contribution in [-0.2, 0) is 19.0 Å². The molecule has 0 saturated carbocycles. The molecule has 1 aliphatic rings. The third kappa shape index (κ3) is 2.52. The molecule has 1 rings (SSSR count). The lowest BCUT2D eigenvalue weighted by molar-refractivity contribution is -0.143. The SMILES string of the molecule is C=CC(=O)OCC1=C(C)OC(C)(C)O1. The lowest BCUT2D eigenvalue weighted by Crippen LogP contribution is -2.21. The summed E-state index contributed by atoms with van der Waals surface area (Å²) in [7, 11) is 0. The monoisotopic (exact) mass is 198 g/mol. The van der Waals surface area contributed by atoms with E-state index in [0.717, 1.165) is 6.08 Å². The summed E-state index contributed by atoms with van der Waals surface area (Å²) in [5.74, 6) is 0.0515. The largest absolute Gasteiger partial charge is 0.454 e. The van der Waals surface area contributed by atoms with Crippen molar-refractivity contribution in [2.75, 3.05) is 6.61 Å². The van der Waals surface area contributed by atoms with Crippen molar-refractivity contribution >= 4 is 5.97 Å². The second kappa shape index (κ2) is 3.74. The van der Waals surface area contributed by atoms with E-state index in [1.165, 1.54) is 0 Å². The molecule has 1 aliphatic heterocycles. The molecular formula is C10H14O4. The summed E-state index contributed by atoms with van der Waals surface area (Å²) < 4.78 is 15.6. The van der Waals surface area contributed by atoms with Gasteiger partial charge in [-0.3, -0.25) is 0 Å². The molecule has 0 bridgehead atoms. The third-order valence-corrected chi connectivity index (χ3v) is 1.67. The van der Waals surface area contributed by atoms with Crippen LogP contribution in [-0.4, -0.2) is 18.4 Å².